The van der Waals surface area contributed by atoms with Crippen molar-refractivity contribution in [3.8, 4) is 0 Å². The van der Waals surface area contributed by atoms with E-state index in [1.54, 1.807) is 0 Å². The molecule has 0 aromatic carbocycles. The summed E-state index contributed by atoms with van der Waals surface area (Å²) >= 11 is 2.02. The lowest BCUT2D eigenvalue weighted by molar-refractivity contribution is 0.291. The first-order valence-electron chi connectivity index (χ1n) is 4.86. The van der Waals surface area contributed by atoms with Gasteiger partial charge >= 0.3 is 0 Å². The molecule has 0 radical (unpaired) electrons. The Morgan fingerprint density at radius 2 is 2.21 bits per heavy atom. The third-order valence-electron chi connectivity index (χ3n) is 2.40. The Morgan fingerprint density at radius 3 is 2.93 bits per heavy atom. The van der Waals surface area contributed by atoms with Crippen LogP contribution in [-0.2, 0) is 6.54 Å². The van der Waals surface area contributed by atoms with Crippen molar-refractivity contribution in [2.24, 2.45) is 0 Å². The van der Waals surface area contributed by atoms with Gasteiger partial charge in [-0.2, -0.15) is 11.8 Å². The normalized spacial score (nSPS) is 18.3. The maximum atomic E-state index is 5.84. The number of aromatic nitrogens is 1. The van der Waals surface area contributed by atoms with Gasteiger partial charge in [-0.25, -0.2) is 0 Å². The van der Waals surface area contributed by atoms with Crippen LogP contribution < -0.4 is 5.73 Å². The molecule has 4 heteroatoms. The van der Waals surface area contributed by atoms with Crippen molar-refractivity contribution < 1.29 is 0 Å². The fourth-order valence-electron chi connectivity index (χ4n) is 1.55. The van der Waals surface area contributed by atoms with Crippen molar-refractivity contribution in [1.82, 2.24) is 9.88 Å². The van der Waals surface area contributed by atoms with E-state index in [2.05, 4.69) is 9.88 Å². The van der Waals surface area contributed by atoms with Gasteiger partial charge in [-0.05, 0) is 12.1 Å². The lowest BCUT2D eigenvalue weighted by Crippen LogP contribution is -2.32. The summed E-state index contributed by atoms with van der Waals surface area (Å²) in [5.41, 5.74) is 7.67. The van der Waals surface area contributed by atoms with E-state index in [-0.39, 0.29) is 0 Å². The second kappa shape index (κ2) is 4.66. The molecule has 2 rings (SSSR count). The Bertz CT molecular complexity index is 297. The molecular weight excluding hydrogens is 194 g/mol. The van der Waals surface area contributed by atoms with Gasteiger partial charge in [0.05, 0.1) is 11.4 Å². The highest BCUT2D eigenvalue weighted by Gasteiger charge is 2.12. The molecule has 2 N–H and O–H groups in total. The quantitative estimate of drug-likeness (QED) is 0.795. The van der Waals surface area contributed by atoms with Gasteiger partial charge < -0.3 is 5.73 Å². The molecule has 1 fully saturated rings. The van der Waals surface area contributed by atoms with Crippen LogP contribution in [0.25, 0.3) is 0 Å². The predicted molar refractivity (Wildman–Crippen MR) is 61.3 cm³/mol. The van der Waals surface area contributed by atoms with Crippen LogP contribution >= 0.6 is 11.8 Å². The number of hydrogen-bond donors (Lipinski definition) is 1. The first-order valence-corrected chi connectivity index (χ1v) is 6.01. The highest BCUT2D eigenvalue weighted by molar-refractivity contribution is 7.99. The standard InChI is InChI=1S/C10H15N3S/c11-9-2-1-3-12-10(9)8-13-4-6-14-7-5-13/h1-3H,4-8,11H2. The van der Waals surface area contributed by atoms with Crippen molar-refractivity contribution in [2.45, 2.75) is 6.54 Å². The number of hydrogen-bond acceptors (Lipinski definition) is 4. The smallest absolute Gasteiger partial charge is 0.0772 e. The predicted octanol–water partition coefficient (Wildman–Crippen LogP) is 1.21. The minimum absolute atomic E-state index is 0.811. The van der Waals surface area contributed by atoms with Crippen LogP contribution in [0, 0.1) is 0 Å². The van der Waals surface area contributed by atoms with E-state index in [0.29, 0.717) is 0 Å². The molecule has 1 aromatic rings. The fourth-order valence-corrected chi connectivity index (χ4v) is 2.53. The zero-order valence-corrected chi connectivity index (χ0v) is 8.96. The third kappa shape index (κ3) is 2.39. The molecule has 0 bridgehead atoms. The fraction of sp³-hybridized carbons (Fsp3) is 0.500. The van der Waals surface area contributed by atoms with Gasteiger partial charge in [0.15, 0.2) is 0 Å². The number of nitrogen functional groups attached to an aromatic ring is 1. The van der Waals surface area contributed by atoms with Gasteiger partial charge in [-0.3, -0.25) is 9.88 Å². The molecule has 0 spiro atoms. The highest BCUT2D eigenvalue weighted by Crippen LogP contribution is 2.14. The number of rotatable bonds is 2. The van der Waals surface area contributed by atoms with E-state index >= 15 is 0 Å². The van der Waals surface area contributed by atoms with Crippen LogP contribution in [0.15, 0.2) is 18.3 Å². The van der Waals surface area contributed by atoms with Gasteiger partial charge in [0, 0.05) is 37.3 Å². The van der Waals surface area contributed by atoms with E-state index in [1.165, 1.54) is 11.5 Å². The lowest BCUT2D eigenvalue weighted by atomic mass is 10.3. The van der Waals surface area contributed by atoms with E-state index in [1.807, 2.05) is 30.1 Å². The Balaban J connectivity index is 1.99. The number of anilines is 1. The van der Waals surface area contributed by atoms with Gasteiger partial charge in [0.1, 0.15) is 0 Å². The molecule has 0 saturated carbocycles. The van der Waals surface area contributed by atoms with Crippen LogP contribution in [0.2, 0.25) is 0 Å². The maximum absolute atomic E-state index is 5.84. The number of nitrogens with two attached hydrogens (primary N) is 1. The topological polar surface area (TPSA) is 42.1 Å². The molecule has 0 amide bonds. The summed E-state index contributed by atoms with van der Waals surface area (Å²) in [4.78, 5) is 6.71. The van der Waals surface area contributed by atoms with Crippen molar-refractivity contribution in [1.29, 1.82) is 0 Å². The molecule has 0 atom stereocenters. The molecular formula is C10H15N3S. The lowest BCUT2D eigenvalue weighted by Gasteiger charge is -2.25. The highest BCUT2D eigenvalue weighted by atomic mass is 32.2. The second-order valence-corrected chi connectivity index (χ2v) is 4.65. The molecule has 0 aliphatic carbocycles. The zero-order valence-electron chi connectivity index (χ0n) is 8.15. The summed E-state index contributed by atoms with van der Waals surface area (Å²) in [6.45, 7) is 3.20. The van der Waals surface area contributed by atoms with Crippen molar-refractivity contribution in [3.05, 3.63) is 24.0 Å². The molecule has 2 heterocycles. The summed E-state index contributed by atoms with van der Waals surface area (Å²) in [6.07, 6.45) is 1.81. The van der Waals surface area contributed by atoms with Crippen molar-refractivity contribution in [3.63, 3.8) is 0 Å². The molecule has 1 aliphatic rings. The molecule has 1 saturated heterocycles. The summed E-state index contributed by atoms with van der Waals surface area (Å²) in [5.74, 6) is 2.46. The van der Waals surface area contributed by atoms with Crippen LogP contribution in [0.4, 0.5) is 5.69 Å². The van der Waals surface area contributed by atoms with Crippen LogP contribution in [-0.4, -0.2) is 34.5 Å². The Morgan fingerprint density at radius 1 is 1.43 bits per heavy atom. The minimum Gasteiger partial charge on any atom is -0.397 e. The number of pyridine rings is 1. The van der Waals surface area contributed by atoms with E-state index in [0.717, 1.165) is 31.0 Å². The third-order valence-corrected chi connectivity index (χ3v) is 3.35. The monoisotopic (exact) mass is 209 g/mol. The molecule has 76 valence electrons. The summed E-state index contributed by atoms with van der Waals surface area (Å²) < 4.78 is 0. The molecule has 3 nitrogen and oxygen atoms in total. The minimum atomic E-state index is 0.811. The Labute approximate surface area is 88.7 Å². The SMILES string of the molecule is Nc1cccnc1CN1CCSCC1. The van der Waals surface area contributed by atoms with Gasteiger partial charge in [-0.1, -0.05) is 0 Å². The van der Waals surface area contributed by atoms with Crippen molar-refractivity contribution >= 4 is 17.4 Å². The summed E-state index contributed by atoms with van der Waals surface area (Å²) in [5, 5.41) is 0. The number of thioether (sulfide) groups is 1. The molecule has 1 aromatic heterocycles. The van der Waals surface area contributed by atoms with Crippen LogP contribution in [0.3, 0.4) is 0 Å². The van der Waals surface area contributed by atoms with Crippen LogP contribution in [0.5, 0.6) is 0 Å². The molecule has 0 unspecified atom stereocenters. The molecule has 14 heavy (non-hydrogen) atoms. The summed E-state index contributed by atoms with van der Waals surface area (Å²) in [7, 11) is 0. The summed E-state index contributed by atoms with van der Waals surface area (Å²) in [6, 6.07) is 3.80. The van der Waals surface area contributed by atoms with E-state index < -0.39 is 0 Å². The second-order valence-electron chi connectivity index (χ2n) is 3.43. The van der Waals surface area contributed by atoms with E-state index in [9.17, 15) is 0 Å². The van der Waals surface area contributed by atoms with Gasteiger partial charge in [0.2, 0.25) is 0 Å². The van der Waals surface area contributed by atoms with Gasteiger partial charge in [0.25, 0.3) is 0 Å². The Hall–Kier alpha value is -0.740. The average molecular weight is 209 g/mol. The number of nitrogens with zero attached hydrogens (tertiary/aromatic N) is 2. The van der Waals surface area contributed by atoms with Crippen LogP contribution in [0.1, 0.15) is 5.69 Å². The first-order chi connectivity index (χ1) is 6.86. The zero-order chi connectivity index (χ0) is 9.80. The van der Waals surface area contributed by atoms with Crippen molar-refractivity contribution in [2.75, 3.05) is 30.3 Å². The largest absolute Gasteiger partial charge is 0.397 e. The average Bonchev–Trinajstić information content (AvgIpc) is 2.23. The maximum Gasteiger partial charge on any atom is 0.0772 e. The Kier molecular flexibility index (Phi) is 3.26. The van der Waals surface area contributed by atoms with Gasteiger partial charge in [-0.15, -0.1) is 0 Å². The first kappa shape index (κ1) is 9.80. The molecule has 1 aliphatic heterocycles. The van der Waals surface area contributed by atoms with E-state index in [4.69, 9.17) is 5.73 Å².